The molecule has 0 spiro atoms. The van der Waals surface area contributed by atoms with Crippen molar-refractivity contribution >= 4 is 39.7 Å². The molecule has 1 aliphatic heterocycles. The molecule has 1 saturated heterocycles. The number of nitrogens with zero attached hydrogens (tertiary/aromatic N) is 6. The van der Waals surface area contributed by atoms with Crippen LogP contribution in [-0.4, -0.2) is 66.9 Å². The molecule has 43 heavy (non-hydrogen) atoms. The number of hydrogen-bond donors (Lipinski definition) is 0. The second-order valence-corrected chi connectivity index (χ2v) is 13.6. The molecule has 6 rings (SSSR count). The number of thioether (sulfide) groups is 1. The summed E-state index contributed by atoms with van der Waals surface area (Å²) in [5, 5.41) is 10.5. The summed E-state index contributed by atoms with van der Waals surface area (Å²) >= 11 is 1.44. The van der Waals surface area contributed by atoms with Crippen molar-refractivity contribution < 1.29 is 4.79 Å². The average molecular weight is 593 g/mol. The molecule has 5 aromatic rings. The summed E-state index contributed by atoms with van der Waals surface area (Å²) in [4.78, 5) is 23.1. The van der Waals surface area contributed by atoms with E-state index in [1.165, 1.54) is 28.5 Å². The summed E-state index contributed by atoms with van der Waals surface area (Å²) in [7, 11) is 0. The predicted octanol–water partition coefficient (Wildman–Crippen LogP) is 6.54. The smallest absolute Gasteiger partial charge is 0.236 e. The first kappa shape index (κ1) is 29.3. The largest absolute Gasteiger partial charge is 0.339 e. The average Bonchev–Trinajstić information content (AvgIpc) is 3.33. The summed E-state index contributed by atoms with van der Waals surface area (Å²) in [6, 6.07) is 27.6. The summed E-state index contributed by atoms with van der Waals surface area (Å²) in [6.45, 7) is 13.6. The molecule has 2 aromatic heterocycles. The number of carbonyl (C=O) groups is 1. The quantitative estimate of drug-likeness (QED) is 0.191. The van der Waals surface area contributed by atoms with Gasteiger partial charge in [0.25, 0.3) is 0 Å². The number of piperazine rings is 1. The van der Waals surface area contributed by atoms with Crippen molar-refractivity contribution in [3.8, 4) is 0 Å². The summed E-state index contributed by atoms with van der Waals surface area (Å²) in [6.07, 6.45) is 0.707. The first-order chi connectivity index (χ1) is 20.8. The molecular formula is C35H40N6OS. The van der Waals surface area contributed by atoms with Crippen LogP contribution in [0.5, 0.6) is 0 Å². The van der Waals surface area contributed by atoms with Crippen molar-refractivity contribution in [2.45, 2.75) is 63.0 Å². The van der Waals surface area contributed by atoms with Crippen LogP contribution >= 0.6 is 11.8 Å². The molecule has 7 nitrogen and oxygen atoms in total. The van der Waals surface area contributed by atoms with Crippen LogP contribution < -0.4 is 0 Å². The van der Waals surface area contributed by atoms with Crippen molar-refractivity contribution in [3.63, 3.8) is 0 Å². The van der Waals surface area contributed by atoms with Crippen molar-refractivity contribution in [2.24, 2.45) is 0 Å². The molecule has 0 bridgehead atoms. The van der Waals surface area contributed by atoms with Crippen molar-refractivity contribution in [1.29, 1.82) is 0 Å². The van der Waals surface area contributed by atoms with Gasteiger partial charge < -0.3 is 9.47 Å². The van der Waals surface area contributed by atoms with Crippen molar-refractivity contribution in [2.75, 3.05) is 26.2 Å². The van der Waals surface area contributed by atoms with Crippen LogP contribution in [0.25, 0.3) is 22.1 Å². The lowest BCUT2D eigenvalue weighted by atomic mass is 9.87. The number of carbonyl (C=O) groups excluding carboxylic acids is 1. The van der Waals surface area contributed by atoms with E-state index in [1.807, 2.05) is 17.0 Å². The van der Waals surface area contributed by atoms with Gasteiger partial charge in [-0.1, -0.05) is 112 Å². The third kappa shape index (κ3) is 6.45. The van der Waals surface area contributed by atoms with E-state index in [0.717, 1.165) is 54.8 Å². The lowest BCUT2D eigenvalue weighted by molar-refractivity contribution is -0.132. The van der Waals surface area contributed by atoms with Gasteiger partial charge in [-0.15, -0.1) is 10.2 Å². The second-order valence-electron chi connectivity index (χ2n) is 12.4. The highest BCUT2D eigenvalue weighted by atomic mass is 32.2. The maximum atomic E-state index is 13.6. The molecule has 0 saturated carbocycles. The molecule has 3 heterocycles. The first-order valence-electron chi connectivity index (χ1n) is 15.2. The topological polar surface area (TPSA) is 67.2 Å². The lowest BCUT2D eigenvalue weighted by Gasteiger charge is -2.36. The number of para-hydroxylation sites is 1. The van der Waals surface area contributed by atoms with Gasteiger partial charge >= 0.3 is 0 Å². The van der Waals surface area contributed by atoms with E-state index in [0.29, 0.717) is 18.1 Å². The highest BCUT2D eigenvalue weighted by molar-refractivity contribution is 8.00. The Labute approximate surface area is 258 Å². The van der Waals surface area contributed by atoms with E-state index >= 15 is 0 Å². The zero-order chi connectivity index (χ0) is 30.0. The van der Waals surface area contributed by atoms with E-state index in [2.05, 4.69) is 114 Å². The molecule has 222 valence electrons. The van der Waals surface area contributed by atoms with Gasteiger partial charge in [0.1, 0.15) is 5.52 Å². The van der Waals surface area contributed by atoms with Gasteiger partial charge in [-0.2, -0.15) is 0 Å². The maximum absolute atomic E-state index is 13.6. The van der Waals surface area contributed by atoms with Crippen LogP contribution in [-0.2, 0) is 23.3 Å². The molecule has 0 radical (unpaired) electrons. The van der Waals surface area contributed by atoms with Gasteiger partial charge in [0.15, 0.2) is 5.65 Å². The second kappa shape index (κ2) is 12.5. The van der Waals surface area contributed by atoms with Gasteiger partial charge in [0.05, 0.1) is 10.8 Å². The summed E-state index contributed by atoms with van der Waals surface area (Å²) < 4.78 is 2.23. The van der Waals surface area contributed by atoms with Gasteiger partial charge in [0, 0.05) is 44.7 Å². The summed E-state index contributed by atoms with van der Waals surface area (Å²) in [5.74, 6) is 0.162. The van der Waals surface area contributed by atoms with E-state index in [-0.39, 0.29) is 16.6 Å². The molecule has 0 N–H and O–H groups in total. The van der Waals surface area contributed by atoms with Crippen LogP contribution in [0.15, 0.2) is 84.0 Å². The van der Waals surface area contributed by atoms with E-state index in [4.69, 9.17) is 4.98 Å². The molecule has 1 unspecified atom stereocenters. The fourth-order valence-electron chi connectivity index (χ4n) is 5.80. The van der Waals surface area contributed by atoms with Gasteiger partial charge in [-0.3, -0.25) is 9.69 Å². The van der Waals surface area contributed by atoms with Crippen molar-refractivity contribution in [1.82, 2.24) is 29.5 Å². The number of amides is 1. The molecule has 1 atom stereocenters. The first-order valence-corrected chi connectivity index (χ1v) is 16.1. The normalized spacial score (nSPS) is 15.3. The van der Waals surface area contributed by atoms with Crippen LogP contribution in [0.4, 0.5) is 0 Å². The number of fused-ring (bicyclic) bond motifs is 3. The summed E-state index contributed by atoms with van der Waals surface area (Å²) in [5.41, 5.74) is 6.61. The number of benzene rings is 3. The fraction of sp³-hybridized carbons (Fsp3) is 0.371. The number of hydrogen-bond acceptors (Lipinski definition) is 6. The third-order valence-electron chi connectivity index (χ3n) is 8.34. The third-order valence-corrected chi connectivity index (χ3v) is 9.55. The number of rotatable bonds is 8. The molecule has 1 fully saturated rings. The Bertz CT molecular complexity index is 1700. The SMILES string of the molecule is CCC(Sc1nnc2c3ccccc3n(Cc3ccc(C(C)(C)C)cc3)c2n1)C(=O)N1CCN(Cc2ccccc2)CC1. The van der Waals surface area contributed by atoms with Crippen LogP contribution in [0.3, 0.4) is 0 Å². The highest BCUT2D eigenvalue weighted by Gasteiger charge is 2.28. The molecule has 1 aliphatic rings. The van der Waals surface area contributed by atoms with Gasteiger partial charge in [0.2, 0.25) is 11.1 Å². The molecule has 8 heteroatoms. The maximum Gasteiger partial charge on any atom is 0.236 e. The van der Waals surface area contributed by atoms with Crippen LogP contribution in [0, 0.1) is 0 Å². The van der Waals surface area contributed by atoms with E-state index in [9.17, 15) is 4.79 Å². The minimum Gasteiger partial charge on any atom is -0.339 e. The van der Waals surface area contributed by atoms with E-state index in [1.54, 1.807) is 0 Å². The Kier molecular flexibility index (Phi) is 8.50. The Morgan fingerprint density at radius 1 is 0.837 bits per heavy atom. The number of aromatic nitrogens is 4. The zero-order valence-electron chi connectivity index (χ0n) is 25.5. The molecule has 0 aliphatic carbocycles. The minimum absolute atomic E-state index is 0.109. The molecular weight excluding hydrogens is 552 g/mol. The predicted molar refractivity (Wildman–Crippen MR) is 175 cm³/mol. The fourth-order valence-corrected chi connectivity index (χ4v) is 6.70. The Morgan fingerprint density at radius 2 is 1.51 bits per heavy atom. The van der Waals surface area contributed by atoms with E-state index < -0.39 is 0 Å². The van der Waals surface area contributed by atoms with Crippen LogP contribution in [0.1, 0.15) is 50.8 Å². The Balaban J connectivity index is 1.20. The van der Waals surface area contributed by atoms with Crippen molar-refractivity contribution in [3.05, 3.63) is 95.6 Å². The molecule has 3 aromatic carbocycles. The van der Waals surface area contributed by atoms with Crippen LogP contribution in [0.2, 0.25) is 0 Å². The zero-order valence-corrected chi connectivity index (χ0v) is 26.3. The lowest BCUT2D eigenvalue weighted by Crippen LogP contribution is -2.50. The standard InChI is InChI=1S/C35H40N6OS/c1-5-30(33(42)40-21-19-39(20-22-40)23-25-11-7-6-8-12-25)43-34-36-32-31(37-38-34)28-13-9-10-14-29(28)41(32)24-26-15-17-27(18-16-26)35(2,3)4/h6-18,30H,5,19-24H2,1-4H3. The Morgan fingerprint density at radius 3 is 2.21 bits per heavy atom. The van der Waals surface area contributed by atoms with Gasteiger partial charge in [-0.25, -0.2) is 4.98 Å². The Hall–Kier alpha value is -3.75. The monoisotopic (exact) mass is 592 g/mol. The molecule has 1 amide bonds. The minimum atomic E-state index is -0.248. The van der Waals surface area contributed by atoms with Gasteiger partial charge in [-0.05, 0) is 34.6 Å². The highest BCUT2D eigenvalue weighted by Crippen LogP contribution is 2.31.